The molecule has 2 saturated heterocycles. The monoisotopic (exact) mass is 425 g/mol. The van der Waals surface area contributed by atoms with Crippen molar-refractivity contribution >= 4 is 6.47 Å². The zero-order chi connectivity index (χ0) is 21.6. The first-order valence-electron chi connectivity index (χ1n) is 10.4. The van der Waals surface area contributed by atoms with Gasteiger partial charge < -0.3 is 19.5 Å². The predicted octanol–water partition coefficient (Wildman–Crippen LogP) is 1.83. The molecule has 164 valence electrons. The molecule has 2 aliphatic heterocycles. The van der Waals surface area contributed by atoms with Crippen LogP contribution in [0.2, 0.25) is 0 Å². The molecule has 4 heterocycles. The van der Waals surface area contributed by atoms with Gasteiger partial charge in [-0.05, 0) is 31.0 Å². The summed E-state index contributed by atoms with van der Waals surface area (Å²) < 4.78 is 10.1. The van der Waals surface area contributed by atoms with Gasteiger partial charge >= 0.3 is 0 Å². The molecule has 0 radical (unpaired) electrons. The van der Waals surface area contributed by atoms with E-state index in [-0.39, 0.29) is 19.2 Å². The number of hydrogen-bond acceptors (Lipinski definition) is 6. The number of aliphatic hydroxyl groups is 1. The van der Waals surface area contributed by atoms with Gasteiger partial charge in [-0.2, -0.15) is 5.10 Å². The Hall–Kier alpha value is -3.01. The van der Waals surface area contributed by atoms with Crippen LogP contribution in [0, 0.1) is 0 Å². The second-order valence-corrected chi connectivity index (χ2v) is 7.73. The van der Waals surface area contributed by atoms with E-state index in [0.29, 0.717) is 18.5 Å². The Morgan fingerprint density at radius 3 is 2.81 bits per heavy atom. The highest BCUT2D eigenvalue weighted by molar-refractivity contribution is 5.59. The maximum atomic E-state index is 9.20. The van der Waals surface area contributed by atoms with E-state index in [0.717, 1.165) is 43.2 Å². The third-order valence-corrected chi connectivity index (χ3v) is 5.85. The van der Waals surface area contributed by atoms with Gasteiger partial charge in [0.1, 0.15) is 5.82 Å². The van der Waals surface area contributed by atoms with Gasteiger partial charge in [0.25, 0.3) is 6.47 Å². The summed E-state index contributed by atoms with van der Waals surface area (Å²) in [5, 5.41) is 20.4. The fourth-order valence-corrected chi connectivity index (χ4v) is 4.48. The summed E-state index contributed by atoms with van der Waals surface area (Å²) in [6.07, 6.45) is 9.63. The SMILES string of the molecule is O=CO.OCC[C@H]1CN2C[C@H](n3ccnc3-c3cccc(-n4cccn4)c3)C[C@H]2CO1. The smallest absolute Gasteiger partial charge is 0.290 e. The Morgan fingerprint density at radius 1 is 1.16 bits per heavy atom. The van der Waals surface area contributed by atoms with E-state index >= 15 is 0 Å². The van der Waals surface area contributed by atoms with Crippen molar-refractivity contribution in [1.29, 1.82) is 0 Å². The summed E-state index contributed by atoms with van der Waals surface area (Å²) in [7, 11) is 0. The number of benzene rings is 1. The Labute approximate surface area is 180 Å². The molecule has 3 atom stereocenters. The van der Waals surface area contributed by atoms with Crippen LogP contribution >= 0.6 is 0 Å². The lowest BCUT2D eigenvalue weighted by Gasteiger charge is -2.34. The first-order chi connectivity index (χ1) is 15.2. The maximum absolute atomic E-state index is 9.20. The molecule has 9 nitrogen and oxygen atoms in total. The average Bonchev–Trinajstić information content (AvgIpc) is 3.54. The standard InChI is InChI=1S/C21H25N5O2.CH2O2/c27-10-5-20-14-24-13-18(12-19(24)15-28-20)25-9-7-22-21(25)16-3-1-4-17(11-16)26-8-2-6-23-26;2-1-3/h1-4,6-9,11,18-20,27H,5,10,12-15H2;1H,(H,2,3)/t18-,19+,20+;/m1./s1. The normalized spacial score (nSPS) is 23.1. The molecule has 0 unspecified atom stereocenters. The van der Waals surface area contributed by atoms with Crippen LogP contribution in [0.15, 0.2) is 55.1 Å². The number of nitrogens with zero attached hydrogens (tertiary/aromatic N) is 5. The van der Waals surface area contributed by atoms with Crippen LogP contribution in [0.5, 0.6) is 0 Å². The van der Waals surface area contributed by atoms with Gasteiger partial charge in [-0.25, -0.2) is 9.67 Å². The molecule has 3 aromatic rings. The number of hydrogen-bond donors (Lipinski definition) is 2. The quantitative estimate of drug-likeness (QED) is 0.601. The van der Waals surface area contributed by atoms with Crippen molar-refractivity contribution in [2.45, 2.75) is 31.0 Å². The molecule has 9 heteroatoms. The summed E-state index contributed by atoms with van der Waals surface area (Å²) in [5.74, 6) is 0.992. The number of morpholine rings is 1. The zero-order valence-corrected chi connectivity index (χ0v) is 17.2. The first-order valence-corrected chi connectivity index (χ1v) is 10.4. The summed E-state index contributed by atoms with van der Waals surface area (Å²) in [4.78, 5) is 15.5. The second kappa shape index (κ2) is 9.86. The van der Waals surface area contributed by atoms with E-state index < -0.39 is 0 Å². The van der Waals surface area contributed by atoms with Crippen molar-refractivity contribution in [3.8, 4) is 17.1 Å². The van der Waals surface area contributed by atoms with E-state index in [1.807, 2.05) is 23.1 Å². The lowest BCUT2D eigenvalue weighted by molar-refractivity contribution is -0.122. The summed E-state index contributed by atoms with van der Waals surface area (Å²) in [5.41, 5.74) is 2.12. The van der Waals surface area contributed by atoms with E-state index in [1.54, 1.807) is 6.20 Å². The van der Waals surface area contributed by atoms with Crippen molar-refractivity contribution in [2.24, 2.45) is 0 Å². The van der Waals surface area contributed by atoms with Gasteiger partial charge in [-0.1, -0.05) is 12.1 Å². The molecule has 2 N–H and O–H groups in total. The second-order valence-electron chi connectivity index (χ2n) is 7.73. The van der Waals surface area contributed by atoms with Crippen molar-refractivity contribution in [3.63, 3.8) is 0 Å². The Morgan fingerprint density at radius 2 is 2.03 bits per heavy atom. The fourth-order valence-electron chi connectivity index (χ4n) is 4.48. The number of imidazole rings is 1. The zero-order valence-electron chi connectivity index (χ0n) is 17.2. The van der Waals surface area contributed by atoms with Crippen molar-refractivity contribution in [3.05, 3.63) is 55.1 Å². The van der Waals surface area contributed by atoms with Crippen molar-refractivity contribution in [1.82, 2.24) is 24.2 Å². The molecule has 0 saturated carbocycles. The molecule has 2 aromatic heterocycles. The number of carbonyl (C=O) groups is 1. The largest absolute Gasteiger partial charge is 0.483 e. The minimum atomic E-state index is -0.250. The third-order valence-electron chi connectivity index (χ3n) is 5.85. The average molecular weight is 425 g/mol. The molecule has 0 aliphatic carbocycles. The van der Waals surface area contributed by atoms with Crippen LogP contribution in [0.1, 0.15) is 18.9 Å². The van der Waals surface area contributed by atoms with Gasteiger partial charge in [-0.15, -0.1) is 0 Å². The maximum Gasteiger partial charge on any atom is 0.290 e. The van der Waals surface area contributed by atoms with Crippen LogP contribution in [-0.2, 0) is 9.53 Å². The molecule has 5 rings (SSSR count). The predicted molar refractivity (Wildman–Crippen MR) is 114 cm³/mol. The minimum Gasteiger partial charge on any atom is -0.483 e. The van der Waals surface area contributed by atoms with Crippen molar-refractivity contribution < 1.29 is 19.7 Å². The molecular formula is C22H27N5O4. The summed E-state index contributed by atoms with van der Waals surface area (Å²) in [6.45, 7) is 2.59. The van der Waals surface area contributed by atoms with Gasteiger partial charge in [0.2, 0.25) is 0 Å². The number of carboxylic acid groups (broad SMARTS) is 1. The third kappa shape index (κ3) is 4.68. The van der Waals surface area contributed by atoms with Crippen LogP contribution < -0.4 is 0 Å². The van der Waals surface area contributed by atoms with E-state index in [1.165, 1.54) is 0 Å². The molecule has 31 heavy (non-hydrogen) atoms. The van der Waals surface area contributed by atoms with Gasteiger partial charge in [0, 0.05) is 62.1 Å². The number of rotatable bonds is 5. The molecule has 1 aromatic carbocycles. The van der Waals surface area contributed by atoms with E-state index in [9.17, 15) is 5.11 Å². The topological polar surface area (TPSA) is 106 Å². The lowest BCUT2D eigenvalue weighted by atomic mass is 10.1. The molecule has 0 amide bonds. The van der Waals surface area contributed by atoms with Crippen LogP contribution in [0.3, 0.4) is 0 Å². The van der Waals surface area contributed by atoms with Gasteiger partial charge in [0.05, 0.1) is 18.4 Å². The molecular weight excluding hydrogens is 398 g/mol. The number of aliphatic hydroxyl groups excluding tert-OH is 1. The van der Waals surface area contributed by atoms with Gasteiger partial charge in [-0.3, -0.25) is 9.69 Å². The van der Waals surface area contributed by atoms with Crippen LogP contribution in [-0.4, -0.2) is 79.4 Å². The highest BCUT2D eigenvalue weighted by atomic mass is 16.5. The Bertz CT molecular complexity index is 974. The van der Waals surface area contributed by atoms with E-state index in [4.69, 9.17) is 14.6 Å². The highest BCUT2D eigenvalue weighted by Crippen LogP contribution is 2.34. The minimum absolute atomic E-state index is 0.146. The lowest BCUT2D eigenvalue weighted by Crippen LogP contribution is -2.46. The Balaban J connectivity index is 0.000000730. The molecule has 0 spiro atoms. The highest BCUT2D eigenvalue weighted by Gasteiger charge is 2.38. The molecule has 2 aliphatic rings. The van der Waals surface area contributed by atoms with Crippen LogP contribution in [0.4, 0.5) is 0 Å². The Kier molecular flexibility index (Phi) is 6.76. The first kappa shape index (κ1) is 21.2. The molecule has 2 fully saturated rings. The summed E-state index contributed by atoms with van der Waals surface area (Å²) in [6, 6.07) is 11.1. The van der Waals surface area contributed by atoms with Gasteiger partial charge in [0.15, 0.2) is 0 Å². The van der Waals surface area contributed by atoms with Crippen LogP contribution in [0.25, 0.3) is 17.1 Å². The van der Waals surface area contributed by atoms with E-state index in [2.05, 4.69) is 50.0 Å². The molecule has 0 bridgehead atoms. The number of fused-ring (bicyclic) bond motifs is 1. The fraction of sp³-hybridized carbons (Fsp3) is 0.409. The van der Waals surface area contributed by atoms with Crippen molar-refractivity contribution in [2.75, 3.05) is 26.3 Å². The summed E-state index contributed by atoms with van der Waals surface area (Å²) >= 11 is 0. The number of aromatic nitrogens is 4. The number of ether oxygens (including phenoxy) is 1.